The maximum Gasteiger partial charge on any atom is 0.0897 e. The van der Waals surface area contributed by atoms with Crippen molar-refractivity contribution in [3.05, 3.63) is 34.0 Å². The summed E-state index contributed by atoms with van der Waals surface area (Å²) in [6, 6.07) is 0.0893. The molecule has 1 unspecified atom stereocenters. The van der Waals surface area contributed by atoms with Crippen LogP contribution in [-0.4, -0.2) is 14.8 Å². The second kappa shape index (κ2) is 4.76. The fraction of sp³-hybridized carbons (Fsp3) is 0.455. The van der Waals surface area contributed by atoms with Gasteiger partial charge in [0.15, 0.2) is 0 Å². The Balaban J connectivity index is 1.91. The lowest BCUT2D eigenvalue weighted by Crippen LogP contribution is -2.09. The number of aromatic nitrogens is 3. The highest BCUT2D eigenvalue weighted by Crippen LogP contribution is 2.22. The summed E-state index contributed by atoms with van der Waals surface area (Å²) >= 11 is 1.68. The minimum absolute atomic E-state index is 0.0893. The Labute approximate surface area is 99.1 Å². The fourth-order valence-electron chi connectivity index (χ4n) is 1.61. The fourth-order valence-corrected chi connectivity index (χ4v) is 2.44. The molecule has 0 bridgehead atoms. The number of hydrogen-bond acceptors (Lipinski definition) is 4. The maximum atomic E-state index is 6.11. The third kappa shape index (κ3) is 2.68. The minimum atomic E-state index is 0.0893. The van der Waals surface area contributed by atoms with Gasteiger partial charge in [-0.2, -0.15) is 5.10 Å². The summed E-state index contributed by atoms with van der Waals surface area (Å²) in [5.74, 6) is 0. The molecule has 0 aromatic carbocycles. The van der Waals surface area contributed by atoms with Crippen molar-refractivity contribution in [1.82, 2.24) is 14.8 Å². The molecule has 0 saturated heterocycles. The first-order valence-electron chi connectivity index (χ1n) is 5.30. The van der Waals surface area contributed by atoms with Crippen LogP contribution >= 0.6 is 11.3 Å². The molecule has 0 fully saturated rings. The molecule has 0 spiro atoms. The Morgan fingerprint density at radius 2 is 2.31 bits per heavy atom. The van der Waals surface area contributed by atoms with E-state index in [1.165, 1.54) is 10.4 Å². The monoisotopic (exact) mass is 236 g/mol. The van der Waals surface area contributed by atoms with Gasteiger partial charge in [0.2, 0.25) is 0 Å². The molecule has 2 rings (SSSR count). The normalized spacial score (nSPS) is 12.9. The highest BCUT2D eigenvalue weighted by atomic mass is 32.1. The van der Waals surface area contributed by atoms with E-state index in [9.17, 15) is 0 Å². The number of rotatable bonds is 4. The van der Waals surface area contributed by atoms with Crippen molar-refractivity contribution in [3.63, 3.8) is 0 Å². The smallest absolute Gasteiger partial charge is 0.0897 e. The standard InChI is InChI=1S/C11H16N4S/c1-8-13-6-11(16-8)10(12)4-3-9-5-14-15(2)7-9/h5-7,10H,3-4,12H2,1-2H3. The zero-order chi connectivity index (χ0) is 11.5. The van der Waals surface area contributed by atoms with E-state index in [-0.39, 0.29) is 6.04 Å². The van der Waals surface area contributed by atoms with Gasteiger partial charge >= 0.3 is 0 Å². The molecule has 2 heterocycles. The zero-order valence-electron chi connectivity index (χ0n) is 9.55. The highest BCUT2D eigenvalue weighted by Gasteiger charge is 2.09. The van der Waals surface area contributed by atoms with Crippen LogP contribution in [0.1, 0.15) is 27.9 Å². The van der Waals surface area contributed by atoms with Crippen LogP contribution in [0, 0.1) is 6.92 Å². The van der Waals surface area contributed by atoms with Gasteiger partial charge in [0.25, 0.3) is 0 Å². The predicted octanol–water partition coefficient (Wildman–Crippen LogP) is 1.82. The van der Waals surface area contributed by atoms with Gasteiger partial charge < -0.3 is 5.73 Å². The van der Waals surface area contributed by atoms with Gasteiger partial charge in [-0.25, -0.2) is 4.98 Å². The molecule has 0 aliphatic heterocycles. The molecule has 5 heteroatoms. The maximum absolute atomic E-state index is 6.11. The van der Waals surface area contributed by atoms with Gasteiger partial charge in [-0.05, 0) is 25.3 Å². The molecule has 16 heavy (non-hydrogen) atoms. The molecule has 1 atom stereocenters. The van der Waals surface area contributed by atoms with Crippen molar-refractivity contribution >= 4 is 11.3 Å². The van der Waals surface area contributed by atoms with Crippen LogP contribution in [0.2, 0.25) is 0 Å². The lowest BCUT2D eigenvalue weighted by atomic mass is 10.1. The summed E-state index contributed by atoms with van der Waals surface area (Å²) < 4.78 is 1.82. The second-order valence-corrected chi connectivity index (χ2v) is 5.22. The van der Waals surface area contributed by atoms with Crippen LogP contribution in [0.25, 0.3) is 0 Å². The summed E-state index contributed by atoms with van der Waals surface area (Å²) in [6.07, 6.45) is 7.71. The first-order chi connectivity index (χ1) is 7.65. The average molecular weight is 236 g/mol. The summed E-state index contributed by atoms with van der Waals surface area (Å²) in [7, 11) is 1.93. The lowest BCUT2D eigenvalue weighted by molar-refractivity contribution is 0.660. The zero-order valence-corrected chi connectivity index (χ0v) is 10.4. The summed E-state index contributed by atoms with van der Waals surface area (Å²) in [4.78, 5) is 5.39. The molecule has 2 aromatic heterocycles. The molecular weight excluding hydrogens is 220 g/mol. The second-order valence-electron chi connectivity index (χ2n) is 3.95. The third-order valence-corrected chi connectivity index (χ3v) is 3.55. The van der Waals surface area contributed by atoms with E-state index in [1.54, 1.807) is 11.3 Å². The topological polar surface area (TPSA) is 56.7 Å². The molecule has 2 N–H and O–H groups in total. The first kappa shape index (κ1) is 11.3. The van der Waals surface area contributed by atoms with E-state index in [1.807, 2.05) is 37.2 Å². The Morgan fingerprint density at radius 3 is 2.88 bits per heavy atom. The van der Waals surface area contributed by atoms with E-state index < -0.39 is 0 Å². The molecule has 0 aliphatic rings. The molecule has 86 valence electrons. The van der Waals surface area contributed by atoms with E-state index in [0.29, 0.717) is 0 Å². The van der Waals surface area contributed by atoms with Gasteiger partial charge in [-0.3, -0.25) is 4.68 Å². The molecular formula is C11H16N4S. The largest absolute Gasteiger partial charge is 0.323 e. The van der Waals surface area contributed by atoms with Crippen LogP contribution in [0.5, 0.6) is 0 Å². The first-order valence-corrected chi connectivity index (χ1v) is 6.12. The van der Waals surface area contributed by atoms with Crippen molar-refractivity contribution in [2.45, 2.75) is 25.8 Å². The summed E-state index contributed by atoms with van der Waals surface area (Å²) in [5.41, 5.74) is 7.34. The molecule has 4 nitrogen and oxygen atoms in total. The molecule has 0 aliphatic carbocycles. The van der Waals surface area contributed by atoms with Gasteiger partial charge in [-0.1, -0.05) is 0 Å². The number of hydrogen-bond donors (Lipinski definition) is 1. The van der Waals surface area contributed by atoms with Crippen LogP contribution < -0.4 is 5.73 Å². The van der Waals surface area contributed by atoms with Crippen molar-refractivity contribution < 1.29 is 0 Å². The highest BCUT2D eigenvalue weighted by molar-refractivity contribution is 7.11. The van der Waals surface area contributed by atoms with Gasteiger partial charge in [0, 0.05) is 30.4 Å². The van der Waals surface area contributed by atoms with E-state index >= 15 is 0 Å². The quantitative estimate of drug-likeness (QED) is 0.881. The Hall–Kier alpha value is -1.20. The van der Waals surface area contributed by atoms with Crippen molar-refractivity contribution in [1.29, 1.82) is 0 Å². The Morgan fingerprint density at radius 1 is 1.50 bits per heavy atom. The Bertz CT molecular complexity index is 460. The van der Waals surface area contributed by atoms with Crippen molar-refractivity contribution in [2.75, 3.05) is 0 Å². The van der Waals surface area contributed by atoms with E-state index in [0.717, 1.165) is 17.8 Å². The number of nitrogens with zero attached hydrogens (tertiary/aromatic N) is 3. The predicted molar refractivity (Wildman–Crippen MR) is 65.3 cm³/mol. The van der Waals surface area contributed by atoms with Gasteiger partial charge in [0.1, 0.15) is 0 Å². The molecule has 0 saturated carbocycles. The molecule has 0 amide bonds. The van der Waals surface area contributed by atoms with Gasteiger partial charge in [-0.15, -0.1) is 11.3 Å². The van der Waals surface area contributed by atoms with Crippen LogP contribution in [-0.2, 0) is 13.5 Å². The average Bonchev–Trinajstić information content (AvgIpc) is 2.84. The van der Waals surface area contributed by atoms with Crippen LogP contribution in [0.4, 0.5) is 0 Å². The summed E-state index contributed by atoms with van der Waals surface area (Å²) in [6.45, 7) is 2.00. The van der Waals surface area contributed by atoms with Crippen molar-refractivity contribution in [2.24, 2.45) is 12.8 Å². The van der Waals surface area contributed by atoms with Gasteiger partial charge in [0.05, 0.1) is 11.2 Å². The molecule has 0 radical (unpaired) electrons. The van der Waals surface area contributed by atoms with Crippen LogP contribution in [0.15, 0.2) is 18.6 Å². The number of thiazole rings is 1. The SMILES string of the molecule is Cc1ncc(C(N)CCc2cnn(C)c2)s1. The summed E-state index contributed by atoms with van der Waals surface area (Å²) in [5, 5.41) is 5.21. The minimum Gasteiger partial charge on any atom is -0.323 e. The molecule has 2 aromatic rings. The number of nitrogens with two attached hydrogens (primary N) is 1. The third-order valence-electron chi connectivity index (χ3n) is 2.51. The van der Waals surface area contributed by atoms with E-state index in [2.05, 4.69) is 10.1 Å². The van der Waals surface area contributed by atoms with E-state index in [4.69, 9.17) is 5.73 Å². The van der Waals surface area contributed by atoms with Crippen molar-refractivity contribution in [3.8, 4) is 0 Å². The number of aryl methyl sites for hydroxylation is 3. The van der Waals surface area contributed by atoms with Crippen LogP contribution in [0.3, 0.4) is 0 Å². The lowest BCUT2D eigenvalue weighted by Gasteiger charge is -2.07. The Kier molecular flexibility index (Phi) is 3.36.